The van der Waals surface area contributed by atoms with Crippen LogP contribution < -0.4 is 15.3 Å². The molecule has 2 aromatic carbocycles. The van der Waals surface area contributed by atoms with Crippen LogP contribution in [0.5, 0.6) is 5.75 Å². The molecule has 0 aliphatic heterocycles. The van der Waals surface area contributed by atoms with Gasteiger partial charge < -0.3 is 14.6 Å². The van der Waals surface area contributed by atoms with Crippen molar-refractivity contribution in [3.05, 3.63) is 65.7 Å². The van der Waals surface area contributed by atoms with Gasteiger partial charge in [-0.1, -0.05) is 42.5 Å². The number of ether oxygens (including phenoxy) is 1. The molecule has 7 heteroatoms. The molecule has 0 aliphatic carbocycles. The second-order valence-electron chi connectivity index (χ2n) is 5.23. The predicted molar refractivity (Wildman–Crippen MR) is 92.0 cm³/mol. The van der Waals surface area contributed by atoms with Gasteiger partial charge in [0, 0.05) is 5.97 Å². The zero-order valence-corrected chi connectivity index (χ0v) is 13.8. The van der Waals surface area contributed by atoms with Crippen LogP contribution >= 0.6 is 0 Å². The van der Waals surface area contributed by atoms with E-state index in [0.717, 1.165) is 0 Å². The Morgan fingerprint density at radius 2 is 1.77 bits per heavy atom. The second kappa shape index (κ2) is 9.59. The standard InChI is InChI=1S/C19H17N3O4/c20-12-15-8-4-5-9-17(15)26-13-18(23)22-21-16(10-11-19(24)25)14-6-2-1-3-7-14/h1-9H,10-11,13H2,(H,22,23)(H,24,25)/p-1/b21-16+. The van der Waals surface area contributed by atoms with Crippen molar-refractivity contribution >= 4 is 17.6 Å². The summed E-state index contributed by atoms with van der Waals surface area (Å²) in [6, 6.07) is 17.4. The number of hydrogen-bond acceptors (Lipinski definition) is 6. The van der Waals surface area contributed by atoms with Gasteiger partial charge in [-0.15, -0.1) is 0 Å². The molecule has 0 fully saturated rings. The maximum atomic E-state index is 11.9. The summed E-state index contributed by atoms with van der Waals surface area (Å²) in [7, 11) is 0. The Kier molecular flexibility index (Phi) is 6.89. The number of nitrogens with one attached hydrogen (secondary N) is 1. The van der Waals surface area contributed by atoms with Gasteiger partial charge in [-0.3, -0.25) is 4.79 Å². The number of nitriles is 1. The molecule has 0 saturated heterocycles. The number of nitrogens with zero attached hydrogens (tertiary/aromatic N) is 2. The van der Waals surface area contributed by atoms with Crippen molar-refractivity contribution in [1.82, 2.24) is 5.43 Å². The van der Waals surface area contributed by atoms with E-state index in [1.807, 2.05) is 12.1 Å². The highest BCUT2D eigenvalue weighted by Crippen LogP contribution is 2.16. The first kappa shape index (κ1) is 18.7. The summed E-state index contributed by atoms with van der Waals surface area (Å²) < 4.78 is 5.32. The molecule has 0 unspecified atom stereocenters. The number of carbonyl (C=O) groups is 2. The average Bonchev–Trinajstić information content (AvgIpc) is 2.67. The van der Waals surface area contributed by atoms with Gasteiger partial charge in [0.25, 0.3) is 5.91 Å². The molecular formula is C19H16N3O4-. The third-order valence-electron chi connectivity index (χ3n) is 3.35. The summed E-state index contributed by atoms with van der Waals surface area (Å²) in [5, 5.41) is 23.7. The lowest BCUT2D eigenvalue weighted by molar-refractivity contribution is -0.305. The first-order chi connectivity index (χ1) is 12.6. The smallest absolute Gasteiger partial charge is 0.277 e. The van der Waals surface area contributed by atoms with Crippen molar-refractivity contribution in [3.63, 3.8) is 0 Å². The largest absolute Gasteiger partial charge is 0.550 e. The van der Waals surface area contributed by atoms with E-state index < -0.39 is 11.9 Å². The zero-order valence-electron chi connectivity index (χ0n) is 13.8. The molecule has 0 atom stereocenters. The number of hydrogen-bond donors (Lipinski definition) is 1. The van der Waals surface area contributed by atoms with Gasteiger partial charge in [-0.25, -0.2) is 5.43 Å². The molecule has 2 aromatic rings. The van der Waals surface area contributed by atoms with E-state index in [1.54, 1.807) is 48.5 Å². The van der Waals surface area contributed by atoms with Crippen molar-refractivity contribution in [2.75, 3.05) is 6.61 Å². The molecule has 26 heavy (non-hydrogen) atoms. The van der Waals surface area contributed by atoms with E-state index >= 15 is 0 Å². The lowest BCUT2D eigenvalue weighted by Gasteiger charge is -2.09. The van der Waals surface area contributed by atoms with Crippen molar-refractivity contribution < 1.29 is 19.4 Å². The number of aliphatic carboxylic acids is 1. The van der Waals surface area contributed by atoms with Crippen molar-refractivity contribution in [3.8, 4) is 11.8 Å². The summed E-state index contributed by atoms with van der Waals surface area (Å²) in [4.78, 5) is 22.6. The van der Waals surface area contributed by atoms with Crippen LogP contribution in [-0.2, 0) is 9.59 Å². The molecule has 0 saturated carbocycles. The summed E-state index contributed by atoms with van der Waals surface area (Å²) in [5.41, 5.74) is 3.78. The van der Waals surface area contributed by atoms with Gasteiger partial charge in [0.05, 0.1) is 11.3 Å². The van der Waals surface area contributed by atoms with Crippen LogP contribution in [0, 0.1) is 11.3 Å². The number of benzene rings is 2. The molecule has 0 bridgehead atoms. The fourth-order valence-electron chi connectivity index (χ4n) is 2.11. The van der Waals surface area contributed by atoms with E-state index in [1.165, 1.54) is 0 Å². The molecule has 1 amide bonds. The second-order valence-corrected chi connectivity index (χ2v) is 5.23. The third kappa shape index (κ3) is 5.76. The SMILES string of the molecule is N#Cc1ccccc1OCC(=O)N/N=C(\CCC(=O)[O-])c1ccccc1. The van der Waals surface area contributed by atoms with Gasteiger partial charge in [-0.05, 0) is 30.5 Å². The Hall–Kier alpha value is -3.66. The fraction of sp³-hybridized carbons (Fsp3) is 0.158. The minimum absolute atomic E-state index is 0.116. The topological polar surface area (TPSA) is 115 Å². The van der Waals surface area contributed by atoms with Gasteiger partial charge in [-0.2, -0.15) is 10.4 Å². The quantitative estimate of drug-likeness (QED) is 0.563. The van der Waals surface area contributed by atoms with Crippen LogP contribution in [0.25, 0.3) is 0 Å². The molecule has 0 radical (unpaired) electrons. The highest BCUT2D eigenvalue weighted by atomic mass is 16.5. The van der Waals surface area contributed by atoms with Crippen LogP contribution in [0.15, 0.2) is 59.7 Å². The molecule has 132 valence electrons. The van der Waals surface area contributed by atoms with Crippen molar-refractivity contribution in [2.24, 2.45) is 5.10 Å². The number of rotatable bonds is 8. The number of carboxylic acids is 1. The maximum Gasteiger partial charge on any atom is 0.277 e. The number of amides is 1. The Bertz CT molecular complexity index is 841. The van der Waals surface area contributed by atoms with Gasteiger partial charge in [0.15, 0.2) is 6.61 Å². The van der Waals surface area contributed by atoms with Crippen LogP contribution in [0.1, 0.15) is 24.0 Å². The van der Waals surface area contributed by atoms with Crippen LogP contribution in [-0.4, -0.2) is 24.2 Å². The molecule has 0 spiro atoms. The summed E-state index contributed by atoms with van der Waals surface area (Å²) in [6.07, 6.45) is -0.0968. The molecule has 7 nitrogen and oxygen atoms in total. The Morgan fingerprint density at radius 3 is 2.46 bits per heavy atom. The van der Waals surface area contributed by atoms with E-state index in [-0.39, 0.29) is 19.4 Å². The number of carboxylic acid groups (broad SMARTS) is 1. The molecule has 0 aromatic heterocycles. The van der Waals surface area contributed by atoms with Crippen molar-refractivity contribution in [1.29, 1.82) is 5.26 Å². The highest BCUT2D eigenvalue weighted by molar-refractivity contribution is 6.02. The van der Waals surface area contributed by atoms with Crippen LogP contribution in [0.2, 0.25) is 0 Å². The minimum Gasteiger partial charge on any atom is -0.550 e. The van der Waals surface area contributed by atoms with E-state index in [2.05, 4.69) is 10.5 Å². The number of carbonyl (C=O) groups excluding carboxylic acids is 2. The van der Waals surface area contributed by atoms with Gasteiger partial charge in [0.1, 0.15) is 11.8 Å². The molecule has 1 N–H and O–H groups in total. The Balaban J connectivity index is 2.00. The molecule has 0 heterocycles. The molecular weight excluding hydrogens is 334 g/mol. The molecule has 0 aliphatic rings. The monoisotopic (exact) mass is 350 g/mol. The van der Waals surface area contributed by atoms with E-state index in [0.29, 0.717) is 22.6 Å². The van der Waals surface area contributed by atoms with Crippen LogP contribution in [0.3, 0.4) is 0 Å². The fourth-order valence-corrected chi connectivity index (χ4v) is 2.11. The van der Waals surface area contributed by atoms with E-state index in [9.17, 15) is 14.7 Å². The zero-order chi connectivity index (χ0) is 18.8. The van der Waals surface area contributed by atoms with Gasteiger partial charge >= 0.3 is 0 Å². The minimum atomic E-state index is -1.20. The van der Waals surface area contributed by atoms with E-state index in [4.69, 9.17) is 10.00 Å². The predicted octanol–water partition coefficient (Wildman–Crippen LogP) is 0.988. The molecule has 2 rings (SSSR count). The third-order valence-corrected chi connectivity index (χ3v) is 3.35. The lowest BCUT2D eigenvalue weighted by atomic mass is 10.1. The maximum absolute atomic E-state index is 11.9. The Labute approximate surface area is 150 Å². The van der Waals surface area contributed by atoms with Gasteiger partial charge in [0.2, 0.25) is 0 Å². The lowest BCUT2D eigenvalue weighted by Crippen LogP contribution is -2.27. The first-order valence-corrected chi connectivity index (χ1v) is 7.82. The summed E-state index contributed by atoms with van der Waals surface area (Å²) in [5.74, 6) is -1.43. The van der Waals surface area contributed by atoms with Crippen molar-refractivity contribution in [2.45, 2.75) is 12.8 Å². The highest BCUT2D eigenvalue weighted by Gasteiger charge is 2.08. The normalized spacial score (nSPS) is 10.7. The summed E-state index contributed by atoms with van der Waals surface area (Å²) in [6.45, 7) is -0.329. The summed E-state index contributed by atoms with van der Waals surface area (Å²) >= 11 is 0. The Morgan fingerprint density at radius 1 is 1.08 bits per heavy atom. The first-order valence-electron chi connectivity index (χ1n) is 7.82. The van der Waals surface area contributed by atoms with Crippen LogP contribution in [0.4, 0.5) is 0 Å². The number of hydrazone groups is 1. The average molecular weight is 350 g/mol. The number of para-hydroxylation sites is 1.